The van der Waals surface area contributed by atoms with E-state index in [0.717, 1.165) is 19.3 Å². The predicted octanol–water partition coefficient (Wildman–Crippen LogP) is 3.34. The number of guanidine groups is 1. The fraction of sp³-hybridized carbons (Fsp3) is 0.909. The minimum Gasteiger partial charge on any atom is -0.351 e. The van der Waals surface area contributed by atoms with Crippen LogP contribution in [0, 0.1) is 17.8 Å². The molecule has 0 radical (unpaired) electrons. The molecule has 172 valence electrons. The number of hydrogen-bond donors (Lipinski definition) is 4. The monoisotopic (exact) mass is 427 g/mol. The number of carbonyl (C=O) groups excluding carboxylic acids is 1. The second-order valence-corrected chi connectivity index (χ2v) is 10.5. The summed E-state index contributed by atoms with van der Waals surface area (Å²) in [6.45, 7) is 7.92. The molecular weight excluding hydrogens is 388 g/mol. The molecule has 30 heavy (non-hydrogen) atoms. The number of nitrogens with zero attached hydrogens (tertiary/aromatic N) is 1. The lowest BCUT2D eigenvalue weighted by Crippen LogP contribution is -2.52. The Balaban J connectivity index is 1.60. The van der Waals surface area contributed by atoms with E-state index in [-0.39, 0.29) is 35.5 Å². The van der Waals surface area contributed by atoms with E-state index in [1.165, 1.54) is 0 Å². The molecule has 1 aliphatic heterocycles. The van der Waals surface area contributed by atoms with Crippen LogP contribution in [0.4, 0.5) is 8.78 Å². The number of halogens is 2. The van der Waals surface area contributed by atoms with Gasteiger partial charge in [0.25, 0.3) is 0 Å². The van der Waals surface area contributed by atoms with E-state index >= 15 is 0 Å². The largest absolute Gasteiger partial charge is 0.351 e. The second-order valence-electron chi connectivity index (χ2n) is 10.5. The van der Waals surface area contributed by atoms with Crippen LogP contribution in [0.25, 0.3) is 0 Å². The molecule has 2 saturated carbocycles. The number of carbonyl (C=O) groups is 1. The van der Waals surface area contributed by atoms with Gasteiger partial charge in [-0.1, -0.05) is 6.92 Å². The van der Waals surface area contributed by atoms with Gasteiger partial charge in [-0.15, -0.1) is 0 Å². The number of aliphatic imine (C=N–C) groups is 1. The Bertz CT molecular complexity index is 615. The summed E-state index contributed by atoms with van der Waals surface area (Å²) in [5.41, 5.74) is 6.29. The van der Waals surface area contributed by atoms with E-state index in [4.69, 9.17) is 4.99 Å². The molecule has 0 bridgehead atoms. The highest BCUT2D eigenvalue weighted by molar-refractivity contribution is 5.98. The van der Waals surface area contributed by atoms with Crippen molar-refractivity contribution in [2.75, 3.05) is 0 Å². The van der Waals surface area contributed by atoms with Gasteiger partial charge < -0.3 is 5.32 Å². The minimum atomic E-state index is -0.812. The summed E-state index contributed by atoms with van der Waals surface area (Å²) in [5.74, 6) is 0.544. The summed E-state index contributed by atoms with van der Waals surface area (Å²) in [6, 6.07) is 0.263. The van der Waals surface area contributed by atoms with Crippen molar-refractivity contribution in [1.82, 2.24) is 21.5 Å². The summed E-state index contributed by atoms with van der Waals surface area (Å²) in [5, 5.41) is 6.27. The standard InChI is InChI=1S/C22H39F2N5O/c1-13-11-15(7-10-17(13)24)20(30)26-21(27-22(2,3)4)25-19-12-18(28-29-19)14-5-8-16(23)9-6-14/h13-19,28-29H,5-12H2,1-4H3,(H2,25,26,27,30). The van der Waals surface area contributed by atoms with Crippen LogP contribution in [-0.4, -0.2) is 42.0 Å². The molecule has 3 aliphatic rings. The first-order valence-corrected chi connectivity index (χ1v) is 11.6. The van der Waals surface area contributed by atoms with Gasteiger partial charge >= 0.3 is 0 Å². The van der Waals surface area contributed by atoms with Crippen molar-refractivity contribution in [2.24, 2.45) is 22.7 Å². The van der Waals surface area contributed by atoms with Crippen LogP contribution >= 0.6 is 0 Å². The third-order valence-electron chi connectivity index (χ3n) is 6.64. The zero-order valence-electron chi connectivity index (χ0n) is 18.8. The normalized spacial score (nSPS) is 38.3. The molecule has 0 aromatic carbocycles. The highest BCUT2D eigenvalue weighted by atomic mass is 19.1. The van der Waals surface area contributed by atoms with Gasteiger partial charge in [-0.2, -0.15) is 0 Å². The topological polar surface area (TPSA) is 77.5 Å². The van der Waals surface area contributed by atoms with Gasteiger partial charge in [-0.25, -0.2) is 19.2 Å². The molecule has 1 heterocycles. The number of nitrogens with one attached hydrogen (secondary N) is 4. The van der Waals surface area contributed by atoms with E-state index < -0.39 is 12.3 Å². The zero-order valence-corrected chi connectivity index (χ0v) is 18.8. The van der Waals surface area contributed by atoms with Crippen LogP contribution in [-0.2, 0) is 4.79 Å². The molecule has 3 fully saturated rings. The van der Waals surface area contributed by atoms with Crippen LogP contribution in [0.15, 0.2) is 4.99 Å². The lowest BCUT2D eigenvalue weighted by atomic mass is 9.81. The first-order chi connectivity index (χ1) is 14.1. The zero-order chi connectivity index (χ0) is 21.9. The van der Waals surface area contributed by atoms with Crippen molar-refractivity contribution in [3.63, 3.8) is 0 Å². The summed E-state index contributed by atoms with van der Waals surface area (Å²) >= 11 is 0. The number of alkyl halides is 2. The number of hydrogen-bond acceptors (Lipinski definition) is 4. The maximum atomic E-state index is 13.8. The van der Waals surface area contributed by atoms with E-state index in [1.807, 2.05) is 27.7 Å². The Labute approximate surface area is 179 Å². The lowest BCUT2D eigenvalue weighted by Gasteiger charge is -2.30. The van der Waals surface area contributed by atoms with Crippen molar-refractivity contribution in [2.45, 2.75) is 109 Å². The Kier molecular flexibility index (Phi) is 7.71. The Hall–Kier alpha value is -1.28. The number of rotatable bonds is 3. The van der Waals surface area contributed by atoms with Gasteiger partial charge in [0.2, 0.25) is 5.91 Å². The molecule has 6 nitrogen and oxygen atoms in total. The van der Waals surface area contributed by atoms with Crippen molar-refractivity contribution >= 4 is 11.9 Å². The Morgan fingerprint density at radius 2 is 1.70 bits per heavy atom. The molecule has 1 saturated heterocycles. The van der Waals surface area contributed by atoms with Crippen molar-refractivity contribution in [3.05, 3.63) is 0 Å². The van der Waals surface area contributed by atoms with E-state index in [9.17, 15) is 13.6 Å². The molecule has 5 atom stereocenters. The molecule has 4 N–H and O–H groups in total. The van der Waals surface area contributed by atoms with Gasteiger partial charge in [0.15, 0.2) is 5.96 Å². The van der Waals surface area contributed by atoms with Crippen molar-refractivity contribution < 1.29 is 13.6 Å². The maximum Gasteiger partial charge on any atom is 0.229 e. The third kappa shape index (κ3) is 6.61. The Morgan fingerprint density at radius 3 is 2.33 bits per heavy atom. The van der Waals surface area contributed by atoms with E-state index in [0.29, 0.717) is 44.0 Å². The predicted molar refractivity (Wildman–Crippen MR) is 115 cm³/mol. The summed E-state index contributed by atoms with van der Waals surface area (Å²) in [7, 11) is 0. The van der Waals surface area contributed by atoms with Crippen molar-refractivity contribution in [3.8, 4) is 0 Å². The summed E-state index contributed by atoms with van der Waals surface area (Å²) in [4.78, 5) is 17.6. The molecule has 2 aliphatic carbocycles. The number of amides is 1. The summed E-state index contributed by atoms with van der Waals surface area (Å²) < 4.78 is 27.2. The van der Waals surface area contributed by atoms with Crippen LogP contribution in [0.3, 0.4) is 0 Å². The third-order valence-corrected chi connectivity index (χ3v) is 6.64. The number of hydrazine groups is 1. The van der Waals surface area contributed by atoms with E-state index in [2.05, 4.69) is 21.5 Å². The minimum absolute atomic E-state index is 0.0898. The second kappa shape index (κ2) is 9.90. The van der Waals surface area contributed by atoms with E-state index in [1.54, 1.807) is 0 Å². The van der Waals surface area contributed by atoms with Crippen molar-refractivity contribution in [1.29, 1.82) is 0 Å². The Morgan fingerprint density at radius 1 is 1.00 bits per heavy atom. The summed E-state index contributed by atoms with van der Waals surface area (Å²) in [6.07, 6.45) is 3.83. The fourth-order valence-corrected chi connectivity index (χ4v) is 4.86. The molecular formula is C22H39F2N5O. The van der Waals surface area contributed by atoms with Gasteiger partial charge in [-0.3, -0.25) is 15.5 Å². The SMILES string of the molecule is CC1CC(C(=O)N/C(=N/C2CC(C3CCC(F)CC3)NN2)NC(C)(C)C)CCC1F. The molecule has 5 unspecified atom stereocenters. The first kappa shape index (κ1) is 23.4. The average Bonchev–Trinajstić information content (AvgIpc) is 3.11. The van der Waals surface area contributed by atoms with Crippen LogP contribution < -0.4 is 21.5 Å². The molecule has 0 aromatic rings. The van der Waals surface area contributed by atoms with Gasteiger partial charge in [0.1, 0.15) is 18.5 Å². The maximum absolute atomic E-state index is 13.8. The average molecular weight is 428 g/mol. The molecule has 1 amide bonds. The molecule has 3 rings (SSSR count). The molecule has 0 spiro atoms. The highest BCUT2D eigenvalue weighted by Gasteiger charge is 2.35. The fourth-order valence-electron chi connectivity index (χ4n) is 4.86. The van der Waals surface area contributed by atoms with Gasteiger partial charge in [0.05, 0.1) is 0 Å². The van der Waals surface area contributed by atoms with Gasteiger partial charge in [0, 0.05) is 23.9 Å². The lowest BCUT2D eigenvalue weighted by molar-refractivity contribution is -0.125. The molecule has 0 aromatic heterocycles. The van der Waals surface area contributed by atoms with Gasteiger partial charge in [-0.05, 0) is 77.6 Å². The molecule has 8 heteroatoms. The van der Waals surface area contributed by atoms with Crippen LogP contribution in [0.2, 0.25) is 0 Å². The first-order valence-electron chi connectivity index (χ1n) is 11.6. The quantitative estimate of drug-likeness (QED) is 0.412. The van der Waals surface area contributed by atoms with Crippen LogP contribution in [0.1, 0.15) is 79.1 Å². The van der Waals surface area contributed by atoms with Crippen LogP contribution in [0.5, 0.6) is 0 Å². The smallest absolute Gasteiger partial charge is 0.229 e. The highest BCUT2D eigenvalue weighted by Crippen LogP contribution is 2.32.